The molecule has 0 bridgehead atoms. The highest BCUT2D eigenvalue weighted by Gasteiger charge is 2.33. The lowest BCUT2D eigenvalue weighted by molar-refractivity contribution is -0.139. The molecule has 3 rings (SSSR count). The second-order valence-corrected chi connectivity index (χ2v) is 12.3. The molecule has 10 heteroatoms. The van der Waals surface area contributed by atoms with Crippen LogP contribution in [-0.4, -0.2) is 56.9 Å². The summed E-state index contributed by atoms with van der Waals surface area (Å²) in [5.74, 6) is -1.02. The van der Waals surface area contributed by atoms with Crippen molar-refractivity contribution < 1.29 is 27.1 Å². The van der Waals surface area contributed by atoms with Crippen LogP contribution >= 0.6 is 0 Å². The van der Waals surface area contributed by atoms with Crippen LogP contribution in [0.15, 0.2) is 83.8 Å². The summed E-state index contributed by atoms with van der Waals surface area (Å²) in [6, 6.07) is 19.2. The highest BCUT2D eigenvalue weighted by Crippen LogP contribution is 2.26. The molecule has 0 radical (unpaired) electrons. The number of nitrogens with one attached hydrogen (secondary N) is 1. The van der Waals surface area contributed by atoms with E-state index in [1.807, 2.05) is 51.1 Å². The number of sulfonamides is 1. The highest BCUT2D eigenvalue weighted by molar-refractivity contribution is 7.92. The topological polar surface area (TPSA) is 96.0 Å². The summed E-state index contributed by atoms with van der Waals surface area (Å²) in [7, 11) is -2.79. The summed E-state index contributed by atoms with van der Waals surface area (Å²) in [5, 5.41) is 2.89. The van der Waals surface area contributed by atoms with Gasteiger partial charge in [0.2, 0.25) is 11.8 Å². The Bertz CT molecular complexity index is 1390. The lowest BCUT2D eigenvalue weighted by Crippen LogP contribution is -2.55. The van der Waals surface area contributed by atoms with E-state index in [4.69, 9.17) is 4.74 Å². The maximum absolute atomic E-state index is 13.9. The molecule has 0 fully saturated rings. The number of anilines is 1. The van der Waals surface area contributed by atoms with Crippen LogP contribution in [0.5, 0.6) is 5.75 Å². The van der Waals surface area contributed by atoms with Gasteiger partial charge in [0.1, 0.15) is 24.2 Å². The molecule has 2 amide bonds. The first-order valence-corrected chi connectivity index (χ1v) is 14.3. The molecule has 8 nitrogen and oxygen atoms in total. The number of benzene rings is 3. The van der Waals surface area contributed by atoms with Gasteiger partial charge in [0.25, 0.3) is 10.0 Å². The van der Waals surface area contributed by atoms with E-state index in [0.717, 1.165) is 22.0 Å². The molecule has 1 atom stereocenters. The number of nitrogens with zero attached hydrogens (tertiary/aromatic N) is 2. The standard InChI is InChI=1S/C30H36FN3O5S/c1-22(29(36)32-30(2,3)4)33(20-19-23-9-7-6-8-10-23)28(35)21-34(25-13-11-24(31)12-14-25)40(37,38)27-17-15-26(39-5)16-18-27/h6-18,22H,19-21H2,1-5H3,(H,32,36)/t22-/m0/s1. The van der Waals surface area contributed by atoms with Crippen molar-refractivity contribution in [1.82, 2.24) is 10.2 Å². The van der Waals surface area contributed by atoms with Crippen LogP contribution in [0.25, 0.3) is 0 Å². The molecule has 40 heavy (non-hydrogen) atoms. The molecule has 0 unspecified atom stereocenters. The van der Waals surface area contributed by atoms with Crippen molar-refractivity contribution in [2.75, 3.05) is 24.5 Å². The summed E-state index contributed by atoms with van der Waals surface area (Å²) in [6.45, 7) is 6.72. The van der Waals surface area contributed by atoms with Gasteiger partial charge in [-0.2, -0.15) is 0 Å². The average Bonchev–Trinajstić information content (AvgIpc) is 2.92. The zero-order valence-corrected chi connectivity index (χ0v) is 24.2. The van der Waals surface area contributed by atoms with Crippen LogP contribution in [0.1, 0.15) is 33.3 Å². The van der Waals surface area contributed by atoms with E-state index >= 15 is 0 Å². The molecule has 0 aliphatic heterocycles. The van der Waals surface area contributed by atoms with E-state index < -0.39 is 39.9 Å². The minimum absolute atomic E-state index is 0.0696. The molecule has 0 heterocycles. The maximum atomic E-state index is 13.9. The Morgan fingerprint density at radius 1 is 0.950 bits per heavy atom. The number of carbonyl (C=O) groups excluding carboxylic acids is 2. The van der Waals surface area contributed by atoms with Gasteiger partial charge in [-0.25, -0.2) is 12.8 Å². The minimum atomic E-state index is -4.26. The van der Waals surface area contributed by atoms with Gasteiger partial charge in [0.15, 0.2) is 0 Å². The van der Waals surface area contributed by atoms with Crippen LogP contribution in [0.4, 0.5) is 10.1 Å². The lowest BCUT2D eigenvalue weighted by atomic mass is 10.1. The van der Waals surface area contributed by atoms with Gasteiger partial charge >= 0.3 is 0 Å². The number of carbonyl (C=O) groups is 2. The summed E-state index contributed by atoms with van der Waals surface area (Å²) < 4.78 is 47.4. The van der Waals surface area contributed by atoms with Gasteiger partial charge in [-0.15, -0.1) is 0 Å². The van der Waals surface area contributed by atoms with E-state index in [0.29, 0.717) is 12.2 Å². The Morgan fingerprint density at radius 2 is 1.55 bits per heavy atom. The fraction of sp³-hybridized carbons (Fsp3) is 0.333. The van der Waals surface area contributed by atoms with Gasteiger partial charge in [-0.1, -0.05) is 30.3 Å². The van der Waals surface area contributed by atoms with Crippen molar-refractivity contribution in [3.63, 3.8) is 0 Å². The molecular weight excluding hydrogens is 533 g/mol. The predicted molar refractivity (Wildman–Crippen MR) is 153 cm³/mol. The molecule has 0 saturated heterocycles. The summed E-state index contributed by atoms with van der Waals surface area (Å²) in [6.07, 6.45) is 0.460. The molecule has 3 aromatic carbocycles. The van der Waals surface area contributed by atoms with Crippen LogP contribution in [-0.2, 0) is 26.0 Å². The van der Waals surface area contributed by atoms with Crippen molar-refractivity contribution in [3.8, 4) is 5.75 Å². The molecule has 0 aliphatic rings. The van der Waals surface area contributed by atoms with Gasteiger partial charge in [-0.05, 0) is 88.2 Å². The van der Waals surface area contributed by atoms with Gasteiger partial charge < -0.3 is 15.0 Å². The van der Waals surface area contributed by atoms with Gasteiger partial charge in [0, 0.05) is 12.1 Å². The number of methoxy groups -OCH3 is 1. The summed E-state index contributed by atoms with van der Waals surface area (Å²) >= 11 is 0. The molecule has 3 aromatic rings. The molecule has 0 aromatic heterocycles. The summed E-state index contributed by atoms with van der Waals surface area (Å²) in [5.41, 5.74) is 0.544. The Morgan fingerprint density at radius 3 is 2.10 bits per heavy atom. The Labute approximate surface area is 235 Å². The first kappa shape index (κ1) is 30.6. The SMILES string of the molecule is COc1ccc(S(=O)(=O)N(CC(=O)N(CCc2ccccc2)[C@@H](C)C(=O)NC(C)(C)C)c2ccc(F)cc2)cc1. The quantitative estimate of drug-likeness (QED) is 0.369. The van der Waals surface area contributed by atoms with Gasteiger partial charge in [0.05, 0.1) is 17.7 Å². The van der Waals surface area contributed by atoms with Crippen molar-refractivity contribution in [3.05, 3.63) is 90.2 Å². The molecule has 0 spiro atoms. The van der Waals surface area contributed by atoms with Gasteiger partial charge in [-0.3, -0.25) is 13.9 Å². The van der Waals surface area contributed by atoms with E-state index in [9.17, 15) is 22.4 Å². The largest absolute Gasteiger partial charge is 0.497 e. The second kappa shape index (κ2) is 13.0. The number of ether oxygens (including phenoxy) is 1. The van der Waals surface area contributed by atoms with Crippen molar-refractivity contribution >= 4 is 27.5 Å². The Hall–Kier alpha value is -3.92. The first-order valence-electron chi connectivity index (χ1n) is 12.9. The predicted octanol–water partition coefficient (Wildman–Crippen LogP) is 4.40. The number of hydrogen-bond acceptors (Lipinski definition) is 5. The van der Waals surface area contributed by atoms with E-state index in [-0.39, 0.29) is 23.0 Å². The van der Waals surface area contributed by atoms with Crippen LogP contribution in [0.2, 0.25) is 0 Å². The third kappa shape index (κ3) is 8.05. The highest BCUT2D eigenvalue weighted by atomic mass is 32.2. The van der Waals surface area contributed by atoms with Crippen molar-refractivity contribution in [1.29, 1.82) is 0 Å². The van der Waals surface area contributed by atoms with E-state index in [1.54, 1.807) is 6.92 Å². The molecule has 0 aliphatic carbocycles. The molecule has 0 saturated carbocycles. The second-order valence-electron chi connectivity index (χ2n) is 10.4. The Balaban J connectivity index is 1.98. The van der Waals surface area contributed by atoms with Crippen molar-refractivity contribution in [2.24, 2.45) is 0 Å². The average molecular weight is 570 g/mol. The third-order valence-corrected chi connectivity index (χ3v) is 7.98. The number of amides is 2. The minimum Gasteiger partial charge on any atom is -0.497 e. The van der Waals surface area contributed by atoms with Crippen LogP contribution in [0, 0.1) is 5.82 Å². The summed E-state index contributed by atoms with van der Waals surface area (Å²) in [4.78, 5) is 28.3. The molecule has 1 N–H and O–H groups in total. The number of hydrogen-bond donors (Lipinski definition) is 1. The zero-order valence-electron chi connectivity index (χ0n) is 23.4. The number of rotatable bonds is 11. The molecular formula is C30H36FN3O5S. The van der Waals surface area contributed by atoms with Crippen LogP contribution < -0.4 is 14.4 Å². The lowest BCUT2D eigenvalue weighted by Gasteiger charge is -2.33. The van der Waals surface area contributed by atoms with E-state index in [2.05, 4.69) is 5.32 Å². The Kier molecular flexibility index (Phi) is 9.92. The van der Waals surface area contributed by atoms with E-state index in [1.165, 1.54) is 48.4 Å². The first-order chi connectivity index (χ1) is 18.8. The van der Waals surface area contributed by atoms with Crippen LogP contribution in [0.3, 0.4) is 0 Å². The third-order valence-electron chi connectivity index (χ3n) is 6.19. The molecule has 214 valence electrons. The number of halogens is 1. The smallest absolute Gasteiger partial charge is 0.264 e. The van der Waals surface area contributed by atoms with Crippen molar-refractivity contribution in [2.45, 2.75) is 50.6 Å². The fourth-order valence-electron chi connectivity index (χ4n) is 4.06. The monoisotopic (exact) mass is 569 g/mol. The fourth-order valence-corrected chi connectivity index (χ4v) is 5.47. The normalized spacial score (nSPS) is 12.3. The maximum Gasteiger partial charge on any atom is 0.264 e. The zero-order chi connectivity index (χ0) is 29.5.